The summed E-state index contributed by atoms with van der Waals surface area (Å²) in [5, 5.41) is 5.49. The number of nitrogens with zero attached hydrogens (tertiary/aromatic N) is 3. The van der Waals surface area contributed by atoms with E-state index in [-0.39, 0.29) is 24.3 Å². The number of fused-ring (bicyclic) bond motifs is 1. The summed E-state index contributed by atoms with van der Waals surface area (Å²) < 4.78 is 15.1. The molecule has 3 amide bonds. The predicted octanol–water partition coefficient (Wildman–Crippen LogP) is 2.91. The Hall–Kier alpha value is -3.42. The molecule has 0 atom stereocenters. The highest BCUT2D eigenvalue weighted by molar-refractivity contribution is 5.97. The summed E-state index contributed by atoms with van der Waals surface area (Å²) in [6, 6.07) is 11.4. The lowest BCUT2D eigenvalue weighted by atomic mass is 10.1. The number of benzene rings is 2. The van der Waals surface area contributed by atoms with Crippen LogP contribution >= 0.6 is 0 Å². The first-order valence-corrected chi connectivity index (χ1v) is 10.1. The number of nitrogens with one attached hydrogen (secondary N) is 2. The zero-order valence-corrected chi connectivity index (χ0v) is 16.6. The monoisotopic (exact) mass is 409 g/mol. The minimum absolute atomic E-state index is 0.0561. The van der Waals surface area contributed by atoms with Gasteiger partial charge in [0, 0.05) is 38.3 Å². The Morgan fingerprint density at radius 3 is 2.70 bits per heavy atom. The molecule has 0 saturated carbocycles. The Morgan fingerprint density at radius 2 is 1.90 bits per heavy atom. The van der Waals surface area contributed by atoms with E-state index in [1.54, 1.807) is 18.5 Å². The van der Waals surface area contributed by atoms with Crippen LogP contribution in [0.4, 0.5) is 9.18 Å². The summed E-state index contributed by atoms with van der Waals surface area (Å²) in [6.07, 6.45) is 3.83. The summed E-state index contributed by atoms with van der Waals surface area (Å²) in [7, 11) is 0. The van der Waals surface area contributed by atoms with Gasteiger partial charge in [-0.2, -0.15) is 0 Å². The van der Waals surface area contributed by atoms with Crippen LogP contribution in [0.3, 0.4) is 0 Å². The van der Waals surface area contributed by atoms with E-state index in [4.69, 9.17) is 0 Å². The molecule has 0 radical (unpaired) electrons. The van der Waals surface area contributed by atoms with Gasteiger partial charge in [0.25, 0.3) is 5.91 Å². The summed E-state index contributed by atoms with van der Waals surface area (Å²) >= 11 is 0. The number of urea groups is 1. The van der Waals surface area contributed by atoms with E-state index in [0.717, 1.165) is 37.0 Å². The van der Waals surface area contributed by atoms with Crippen LogP contribution in [0.15, 0.2) is 48.8 Å². The number of aromatic nitrogens is 2. The lowest BCUT2D eigenvalue weighted by Crippen LogP contribution is -2.36. The molecule has 0 unspecified atom stereocenters. The third-order valence-corrected chi connectivity index (χ3v) is 5.24. The van der Waals surface area contributed by atoms with E-state index >= 15 is 0 Å². The standard InChI is InChI=1S/C22H24FN5O2/c23-18-5-3-4-16(12-18)14-25-22(30)24-8-11-28-15-26-19-13-17(6-7-20(19)28)21(29)27-9-1-2-10-27/h3-7,12-13,15H,1-2,8-11,14H2,(H2,24,25,30). The third-order valence-electron chi connectivity index (χ3n) is 5.24. The van der Waals surface area contributed by atoms with Crippen LogP contribution in [-0.2, 0) is 13.1 Å². The van der Waals surface area contributed by atoms with Crippen molar-refractivity contribution in [3.8, 4) is 0 Å². The molecule has 1 fully saturated rings. The lowest BCUT2D eigenvalue weighted by molar-refractivity contribution is 0.0793. The van der Waals surface area contributed by atoms with E-state index in [9.17, 15) is 14.0 Å². The minimum Gasteiger partial charge on any atom is -0.339 e. The van der Waals surface area contributed by atoms with Gasteiger partial charge in [-0.1, -0.05) is 12.1 Å². The number of hydrogen-bond acceptors (Lipinski definition) is 3. The Morgan fingerprint density at radius 1 is 1.07 bits per heavy atom. The first-order valence-electron chi connectivity index (χ1n) is 10.1. The highest BCUT2D eigenvalue weighted by Crippen LogP contribution is 2.18. The zero-order valence-electron chi connectivity index (χ0n) is 16.6. The van der Waals surface area contributed by atoms with Gasteiger partial charge in [-0.25, -0.2) is 14.2 Å². The Bertz CT molecular complexity index is 1060. The minimum atomic E-state index is -0.327. The average molecular weight is 409 g/mol. The smallest absolute Gasteiger partial charge is 0.315 e. The number of likely N-dealkylation sites (tertiary alicyclic amines) is 1. The second-order valence-electron chi connectivity index (χ2n) is 7.38. The molecule has 3 aromatic rings. The van der Waals surface area contributed by atoms with Gasteiger partial charge in [0.15, 0.2) is 0 Å². The van der Waals surface area contributed by atoms with Gasteiger partial charge in [-0.3, -0.25) is 4.79 Å². The number of amides is 3. The fraction of sp³-hybridized carbons (Fsp3) is 0.318. The van der Waals surface area contributed by atoms with Gasteiger partial charge in [-0.15, -0.1) is 0 Å². The van der Waals surface area contributed by atoms with E-state index in [0.29, 0.717) is 24.2 Å². The number of carbonyl (C=O) groups is 2. The first kappa shape index (κ1) is 19.9. The van der Waals surface area contributed by atoms with Gasteiger partial charge < -0.3 is 20.1 Å². The molecular weight excluding hydrogens is 385 g/mol. The topological polar surface area (TPSA) is 79.3 Å². The van der Waals surface area contributed by atoms with Crippen molar-refractivity contribution in [2.24, 2.45) is 0 Å². The normalized spacial score (nSPS) is 13.6. The molecule has 1 aromatic heterocycles. The number of hydrogen-bond donors (Lipinski definition) is 2. The maximum Gasteiger partial charge on any atom is 0.315 e. The maximum atomic E-state index is 13.2. The van der Waals surface area contributed by atoms with Crippen LogP contribution in [0.1, 0.15) is 28.8 Å². The molecule has 8 heteroatoms. The molecule has 0 aliphatic carbocycles. The molecule has 4 rings (SSSR count). The van der Waals surface area contributed by atoms with E-state index < -0.39 is 0 Å². The highest BCUT2D eigenvalue weighted by atomic mass is 19.1. The number of halogens is 1. The summed E-state index contributed by atoms with van der Waals surface area (Å²) in [5.74, 6) is -0.271. The third kappa shape index (κ3) is 4.59. The Labute approximate surface area is 173 Å². The molecule has 1 saturated heterocycles. The lowest BCUT2D eigenvalue weighted by Gasteiger charge is -2.15. The van der Waals surface area contributed by atoms with Crippen molar-refractivity contribution in [3.05, 3.63) is 65.7 Å². The maximum absolute atomic E-state index is 13.2. The molecule has 7 nitrogen and oxygen atoms in total. The SMILES string of the molecule is O=C(NCCn1cnc2cc(C(=O)N3CCCC3)ccc21)NCc1cccc(F)c1. The molecule has 2 heterocycles. The van der Waals surface area contributed by atoms with Crippen molar-refractivity contribution in [1.29, 1.82) is 0 Å². The number of carbonyl (C=O) groups excluding carboxylic acids is 2. The van der Waals surface area contributed by atoms with Gasteiger partial charge in [0.05, 0.1) is 17.4 Å². The van der Waals surface area contributed by atoms with Gasteiger partial charge in [-0.05, 0) is 48.7 Å². The average Bonchev–Trinajstić information content (AvgIpc) is 3.42. The summed E-state index contributed by atoms with van der Waals surface area (Å²) in [4.78, 5) is 30.8. The molecule has 30 heavy (non-hydrogen) atoms. The van der Waals surface area contributed by atoms with E-state index in [1.807, 2.05) is 27.7 Å². The van der Waals surface area contributed by atoms with Crippen LogP contribution in [-0.4, -0.2) is 46.0 Å². The Balaban J connectivity index is 1.29. The molecule has 1 aliphatic heterocycles. The van der Waals surface area contributed by atoms with Crippen molar-refractivity contribution in [3.63, 3.8) is 0 Å². The van der Waals surface area contributed by atoms with Gasteiger partial charge >= 0.3 is 6.03 Å². The molecular formula is C22H24FN5O2. The second kappa shape index (κ2) is 8.94. The van der Waals surface area contributed by atoms with Crippen molar-refractivity contribution >= 4 is 23.0 Å². The van der Waals surface area contributed by atoms with Gasteiger partial charge in [0.1, 0.15) is 5.82 Å². The van der Waals surface area contributed by atoms with Crippen molar-refractivity contribution in [2.75, 3.05) is 19.6 Å². The van der Waals surface area contributed by atoms with Crippen LogP contribution < -0.4 is 10.6 Å². The summed E-state index contributed by atoms with van der Waals surface area (Å²) in [5.41, 5.74) is 3.03. The van der Waals surface area contributed by atoms with Crippen molar-refractivity contribution in [1.82, 2.24) is 25.1 Å². The molecule has 2 N–H and O–H groups in total. The van der Waals surface area contributed by atoms with Crippen molar-refractivity contribution < 1.29 is 14.0 Å². The number of imidazole rings is 1. The van der Waals surface area contributed by atoms with Crippen LogP contribution in [0.2, 0.25) is 0 Å². The fourth-order valence-corrected chi connectivity index (χ4v) is 3.66. The van der Waals surface area contributed by atoms with Crippen LogP contribution in [0, 0.1) is 5.82 Å². The fourth-order valence-electron chi connectivity index (χ4n) is 3.66. The summed E-state index contributed by atoms with van der Waals surface area (Å²) in [6.45, 7) is 2.85. The van der Waals surface area contributed by atoms with Gasteiger partial charge in [0.2, 0.25) is 0 Å². The van der Waals surface area contributed by atoms with Crippen molar-refractivity contribution in [2.45, 2.75) is 25.9 Å². The molecule has 0 spiro atoms. The van der Waals surface area contributed by atoms with Crippen LogP contribution in [0.25, 0.3) is 11.0 Å². The first-order chi connectivity index (χ1) is 14.6. The molecule has 1 aliphatic rings. The van der Waals surface area contributed by atoms with Crippen LogP contribution in [0.5, 0.6) is 0 Å². The molecule has 0 bridgehead atoms. The van der Waals surface area contributed by atoms with E-state index in [1.165, 1.54) is 12.1 Å². The number of rotatable bonds is 6. The predicted molar refractivity (Wildman–Crippen MR) is 112 cm³/mol. The quantitative estimate of drug-likeness (QED) is 0.657. The zero-order chi connectivity index (χ0) is 20.9. The van der Waals surface area contributed by atoms with E-state index in [2.05, 4.69) is 15.6 Å². The second-order valence-corrected chi connectivity index (χ2v) is 7.38. The molecule has 2 aromatic carbocycles. The largest absolute Gasteiger partial charge is 0.339 e. The Kier molecular flexibility index (Phi) is 5.92. The highest BCUT2D eigenvalue weighted by Gasteiger charge is 2.20. The molecule has 156 valence electrons.